The molecule has 0 aliphatic carbocycles. The van der Waals surface area contributed by atoms with Crippen LogP contribution in [0.25, 0.3) is 0 Å². The third kappa shape index (κ3) is 2.70. The highest BCUT2D eigenvalue weighted by Gasteiger charge is 2.26. The molecule has 1 aromatic heterocycles. The fourth-order valence-corrected chi connectivity index (χ4v) is 2.31. The molecule has 18 heavy (non-hydrogen) atoms. The Hall–Kier alpha value is -1.40. The summed E-state index contributed by atoms with van der Waals surface area (Å²) in [4.78, 5) is 16.3. The minimum atomic E-state index is -0.435. The number of methoxy groups -OCH3 is 1. The zero-order valence-electron chi connectivity index (χ0n) is 10.0. The number of anilines is 1. The lowest BCUT2D eigenvalue weighted by molar-refractivity contribution is -0.384. The summed E-state index contributed by atoms with van der Waals surface area (Å²) in [6.07, 6.45) is 3.22. The van der Waals surface area contributed by atoms with Crippen molar-refractivity contribution in [2.75, 3.05) is 25.1 Å². The van der Waals surface area contributed by atoms with Gasteiger partial charge in [-0.1, -0.05) is 11.6 Å². The third-order valence-corrected chi connectivity index (χ3v) is 3.28. The number of hydrogen-bond donors (Lipinski definition) is 0. The lowest BCUT2D eigenvalue weighted by Crippen LogP contribution is -2.39. The number of aromatic nitrogens is 1. The fraction of sp³-hybridized carbons (Fsp3) is 0.545. The predicted molar refractivity (Wildman–Crippen MR) is 68.1 cm³/mol. The van der Waals surface area contributed by atoms with E-state index < -0.39 is 4.92 Å². The van der Waals surface area contributed by atoms with Gasteiger partial charge in [-0.25, -0.2) is 4.98 Å². The molecule has 7 heteroatoms. The molecule has 1 fully saturated rings. The molecule has 0 aromatic carbocycles. The van der Waals surface area contributed by atoms with Crippen LogP contribution in [-0.4, -0.2) is 36.2 Å². The van der Waals surface area contributed by atoms with Crippen LogP contribution in [0, 0.1) is 10.1 Å². The van der Waals surface area contributed by atoms with Gasteiger partial charge in [0.05, 0.1) is 11.0 Å². The van der Waals surface area contributed by atoms with E-state index >= 15 is 0 Å². The SMILES string of the molecule is COC1CCCN(c2cc(Cl)ncc2[N+](=O)[O-])C1. The van der Waals surface area contributed by atoms with Crippen molar-refractivity contribution in [2.24, 2.45) is 0 Å². The van der Waals surface area contributed by atoms with Crippen LogP contribution in [0.5, 0.6) is 0 Å². The normalized spacial score (nSPS) is 19.9. The van der Waals surface area contributed by atoms with Gasteiger partial charge in [0, 0.05) is 26.3 Å². The van der Waals surface area contributed by atoms with Gasteiger partial charge in [-0.15, -0.1) is 0 Å². The van der Waals surface area contributed by atoms with Crippen LogP contribution in [0.4, 0.5) is 11.4 Å². The monoisotopic (exact) mass is 271 g/mol. The van der Waals surface area contributed by atoms with Gasteiger partial charge in [-0.05, 0) is 12.8 Å². The molecule has 1 unspecified atom stereocenters. The number of nitrogens with zero attached hydrogens (tertiary/aromatic N) is 3. The summed E-state index contributed by atoms with van der Waals surface area (Å²) < 4.78 is 5.31. The van der Waals surface area contributed by atoms with E-state index in [0.717, 1.165) is 19.4 Å². The molecule has 1 saturated heterocycles. The number of hydrogen-bond acceptors (Lipinski definition) is 5. The second-order valence-corrected chi connectivity index (χ2v) is 4.59. The van der Waals surface area contributed by atoms with Crippen molar-refractivity contribution >= 4 is 23.0 Å². The quantitative estimate of drug-likeness (QED) is 0.479. The maximum absolute atomic E-state index is 11.0. The number of halogens is 1. The molecule has 0 spiro atoms. The van der Waals surface area contributed by atoms with Crippen LogP contribution in [0.15, 0.2) is 12.3 Å². The van der Waals surface area contributed by atoms with Crippen molar-refractivity contribution < 1.29 is 9.66 Å². The van der Waals surface area contributed by atoms with Crippen molar-refractivity contribution in [2.45, 2.75) is 18.9 Å². The van der Waals surface area contributed by atoms with E-state index in [4.69, 9.17) is 16.3 Å². The molecule has 0 amide bonds. The highest BCUT2D eigenvalue weighted by atomic mass is 35.5. The first-order valence-electron chi connectivity index (χ1n) is 5.69. The molecule has 0 bridgehead atoms. The molecule has 1 aliphatic rings. The number of piperidine rings is 1. The molecular formula is C11H14ClN3O3. The van der Waals surface area contributed by atoms with E-state index in [1.54, 1.807) is 7.11 Å². The van der Waals surface area contributed by atoms with Crippen LogP contribution in [0.2, 0.25) is 5.15 Å². The molecule has 2 rings (SSSR count). The van der Waals surface area contributed by atoms with Gasteiger partial charge in [0.25, 0.3) is 0 Å². The van der Waals surface area contributed by atoms with Crippen molar-refractivity contribution in [3.05, 3.63) is 27.5 Å². The Kier molecular flexibility index (Phi) is 3.98. The molecule has 0 N–H and O–H groups in total. The minimum Gasteiger partial charge on any atom is -0.380 e. The molecule has 0 saturated carbocycles. The Labute approximate surface area is 110 Å². The average molecular weight is 272 g/mol. The molecule has 0 radical (unpaired) electrons. The Morgan fingerprint density at radius 3 is 3.11 bits per heavy atom. The largest absolute Gasteiger partial charge is 0.380 e. The van der Waals surface area contributed by atoms with E-state index in [0.29, 0.717) is 12.2 Å². The topological polar surface area (TPSA) is 68.5 Å². The molecule has 1 atom stereocenters. The van der Waals surface area contributed by atoms with E-state index in [1.807, 2.05) is 4.90 Å². The van der Waals surface area contributed by atoms with Crippen LogP contribution < -0.4 is 4.90 Å². The van der Waals surface area contributed by atoms with Gasteiger partial charge in [0.2, 0.25) is 0 Å². The van der Waals surface area contributed by atoms with Gasteiger partial charge in [-0.2, -0.15) is 0 Å². The van der Waals surface area contributed by atoms with E-state index in [2.05, 4.69) is 4.98 Å². The van der Waals surface area contributed by atoms with Crippen LogP contribution >= 0.6 is 11.6 Å². The number of ether oxygens (including phenoxy) is 1. The molecule has 2 heterocycles. The number of pyridine rings is 1. The highest BCUT2D eigenvalue weighted by molar-refractivity contribution is 6.29. The third-order valence-electron chi connectivity index (χ3n) is 3.08. The Balaban J connectivity index is 2.31. The van der Waals surface area contributed by atoms with Crippen molar-refractivity contribution in [3.63, 3.8) is 0 Å². The molecule has 98 valence electrons. The standard InChI is InChI=1S/C11H14ClN3O3/c1-18-8-3-2-4-14(7-8)9-5-11(12)13-6-10(9)15(16)17/h5-6,8H,2-4,7H2,1H3. The maximum atomic E-state index is 11.0. The number of nitro groups is 1. The zero-order valence-corrected chi connectivity index (χ0v) is 10.8. The van der Waals surface area contributed by atoms with Crippen LogP contribution in [0.3, 0.4) is 0 Å². The maximum Gasteiger partial charge on any atom is 0.310 e. The van der Waals surface area contributed by atoms with Crippen LogP contribution in [0.1, 0.15) is 12.8 Å². The van der Waals surface area contributed by atoms with E-state index in [-0.39, 0.29) is 16.9 Å². The number of rotatable bonds is 3. The lowest BCUT2D eigenvalue weighted by Gasteiger charge is -2.33. The molecule has 1 aromatic rings. The Bertz CT molecular complexity index is 455. The van der Waals surface area contributed by atoms with Gasteiger partial charge >= 0.3 is 5.69 Å². The minimum absolute atomic E-state index is 0.0175. The van der Waals surface area contributed by atoms with Gasteiger partial charge in [-0.3, -0.25) is 10.1 Å². The van der Waals surface area contributed by atoms with E-state index in [9.17, 15) is 10.1 Å². The summed E-state index contributed by atoms with van der Waals surface area (Å²) >= 11 is 5.82. The summed E-state index contributed by atoms with van der Waals surface area (Å²) in [7, 11) is 1.65. The second kappa shape index (κ2) is 5.49. The van der Waals surface area contributed by atoms with Crippen LogP contribution in [-0.2, 0) is 4.74 Å². The molecule has 6 nitrogen and oxygen atoms in total. The van der Waals surface area contributed by atoms with Gasteiger partial charge in [0.15, 0.2) is 0 Å². The van der Waals surface area contributed by atoms with Gasteiger partial charge in [0.1, 0.15) is 17.0 Å². The molecular weight excluding hydrogens is 258 g/mol. The summed E-state index contributed by atoms with van der Waals surface area (Å²) in [5, 5.41) is 11.3. The summed E-state index contributed by atoms with van der Waals surface area (Å²) in [6.45, 7) is 1.40. The first kappa shape index (κ1) is 13.0. The Morgan fingerprint density at radius 1 is 1.67 bits per heavy atom. The highest BCUT2D eigenvalue weighted by Crippen LogP contribution is 2.31. The fourth-order valence-electron chi connectivity index (χ4n) is 2.16. The lowest BCUT2D eigenvalue weighted by atomic mass is 10.1. The smallest absolute Gasteiger partial charge is 0.310 e. The van der Waals surface area contributed by atoms with Crippen molar-refractivity contribution in [1.29, 1.82) is 0 Å². The zero-order chi connectivity index (χ0) is 13.1. The first-order valence-corrected chi connectivity index (χ1v) is 6.07. The summed E-state index contributed by atoms with van der Waals surface area (Å²) in [5.74, 6) is 0. The predicted octanol–water partition coefficient (Wildman–Crippen LogP) is 2.26. The summed E-state index contributed by atoms with van der Waals surface area (Å²) in [6, 6.07) is 1.54. The van der Waals surface area contributed by atoms with E-state index in [1.165, 1.54) is 12.3 Å². The van der Waals surface area contributed by atoms with Crippen molar-refractivity contribution in [1.82, 2.24) is 4.98 Å². The van der Waals surface area contributed by atoms with Crippen molar-refractivity contribution in [3.8, 4) is 0 Å². The Morgan fingerprint density at radius 2 is 2.44 bits per heavy atom. The first-order chi connectivity index (χ1) is 8.61. The average Bonchev–Trinajstić information content (AvgIpc) is 2.38. The second-order valence-electron chi connectivity index (χ2n) is 4.20. The van der Waals surface area contributed by atoms with Gasteiger partial charge < -0.3 is 9.64 Å². The summed E-state index contributed by atoms with van der Waals surface area (Å²) in [5.41, 5.74) is 0.498. The molecule has 1 aliphatic heterocycles.